The number of phosphoric ester groups is 1. The smallest absolute Gasteiger partial charge is 0.472 e. The molecule has 3 amide bonds. The summed E-state index contributed by atoms with van der Waals surface area (Å²) in [5.41, 5.74) is -2.07. The lowest BCUT2D eigenvalue weighted by Crippen LogP contribution is -2.61. The molecule has 8 rings (SSSR count). The number of anilines is 1. The number of esters is 1. The van der Waals surface area contributed by atoms with Gasteiger partial charge in [-0.15, -0.1) is 0 Å². The second kappa shape index (κ2) is 28.7. The van der Waals surface area contributed by atoms with Gasteiger partial charge in [0.1, 0.15) is 72.9 Å². The number of hydrogen-bond donors (Lipinski definition) is 10. The summed E-state index contributed by atoms with van der Waals surface area (Å²) in [6, 6.07) is 28.8. The van der Waals surface area contributed by atoms with Crippen molar-refractivity contribution in [3.63, 3.8) is 0 Å². The minimum absolute atomic E-state index is 0.00468. The Morgan fingerprint density at radius 2 is 1.44 bits per heavy atom. The second-order valence-corrected chi connectivity index (χ2v) is 23.7. The number of aliphatic hydroxyl groups is 5. The van der Waals surface area contributed by atoms with Gasteiger partial charge in [0.05, 0.1) is 72.9 Å². The molecular formula is C61H74N4O23P+. The molecule has 3 aliphatic rings. The van der Waals surface area contributed by atoms with Gasteiger partial charge in [0, 0.05) is 43.1 Å². The summed E-state index contributed by atoms with van der Waals surface area (Å²) in [6.07, 6.45) is -11.9. The second-order valence-electron chi connectivity index (χ2n) is 22.3. The number of quaternary nitrogens is 1. The highest BCUT2D eigenvalue weighted by Gasteiger charge is 2.78. The van der Waals surface area contributed by atoms with Crippen molar-refractivity contribution >= 4 is 43.4 Å². The van der Waals surface area contributed by atoms with Crippen molar-refractivity contribution in [3.05, 3.63) is 143 Å². The Morgan fingerprint density at radius 1 is 0.730 bits per heavy atom. The maximum Gasteiger partial charge on any atom is 0.472 e. The lowest BCUT2D eigenvalue weighted by molar-refractivity contribution is -0.870. The van der Waals surface area contributed by atoms with Gasteiger partial charge in [-0.1, -0.05) is 60.7 Å². The zero-order chi connectivity index (χ0) is 64.4. The molecule has 10 N–H and O–H groups in total. The highest BCUT2D eigenvalue weighted by atomic mass is 31.2. The van der Waals surface area contributed by atoms with Crippen LogP contribution in [0, 0.1) is 5.92 Å². The molecule has 11 atom stereocenters. The molecule has 0 aromatic heterocycles. The van der Waals surface area contributed by atoms with Gasteiger partial charge in [0.2, 0.25) is 12.2 Å². The van der Waals surface area contributed by atoms with Crippen molar-refractivity contribution < 1.29 is 115 Å². The summed E-state index contributed by atoms with van der Waals surface area (Å²) in [5, 5.41) is 74.2. The van der Waals surface area contributed by atoms with Crippen LogP contribution in [0.4, 0.5) is 10.5 Å². The quantitative estimate of drug-likeness (QED) is 0.0148. The summed E-state index contributed by atoms with van der Waals surface area (Å²) in [6.45, 7) is -0.0478. The average molecular weight is 1260 g/mol. The number of aliphatic hydroxyl groups excluding tert-OH is 4. The fraction of sp³-hybridized carbons (Fsp3) is 0.426. The normalized spacial score (nSPS) is 24.1. The molecule has 1 saturated carbocycles. The van der Waals surface area contributed by atoms with Crippen LogP contribution in [0.3, 0.4) is 0 Å². The number of phosphoric acid groups is 1. The number of nitrogens with zero attached hydrogens (tertiary/aromatic N) is 1. The molecule has 27 nitrogen and oxygen atoms in total. The highest BCUT2D eigenvalue weighted by molar-refractivity contribution is 7.47. The largest absolute Gasteiger partial charge is 0.497 e. The first-order valence-corrected chi connectivity index (χ1v) is 29.8. The van der Waals surface area contributed by atoms with Crippen molar-refractivity contribution in [1.82, 2.24) is 10.6 Å². The topological polar surface area (TPSA) is 372 Å². The molecule has 1 aliphatic carbocycles. The maximum atomic E-state index is 13.6. The Kier molecular flexibility index (Phi) is 21.6. The molecule has 1 saturated heterocycles. The number of benzene rings is 5. The predicted octanol–water partition coefficient (Wildman–Crippen LogP) is 3.58. The fourth-order valence-electron chi connectivity index (χ4n) is 10.8. The number of carbonyl (C=O) groups excluding carboxylic acids is 4. The summed E-state index contributed by atoms with van der Waals surface area (Å²) in [5.74, 6) is -5.06. The fourth-order valence-corrected chi connectivity index (χ4v) is 11.5. The Morgan fingerprint density at radius 3 is 2.10 bits per heavy atom. The van der Waals surface area contributed by atoms with Crippen LogP contribution in [0.1, 0.15) is 63.4 Å². The third kappa shape index (κ3) is 15.2. The number of fused-ring (bicyclic) bond motifs is 3. The maximum absolute atomic E-state index is 13.6. The van der Waals surface area contributed by atoms with E-state index in [0.29, 0.717) is 57.6 Å². The number of unbranched alkanes of at least 4 members (excludes halogenated alkanes) is 1. The van der Waals surface area contributed by atoms with Crippen molar-refractivity contribution in [2.75, 3.05) is 80.6 Å². The van der Waals surface area contributed by atoms with Crippen LogP contribution >= 0.6 is 7.82 Å². The summed E-state index contributed by atoms with van der Waals surface area (Å²) >= 11 is 0. The molecule has 0 radical (unpaired) electrons. The Bertz CT molecular complexity index is 3350. The SMILES string of the molecule is COC(=O)[C@H]1[C@@H](O)[C@@]2(O)c3c(OC)cc(OCCCCNC(=O)OCc4ccc(OC5O[C@H](C(=O)O)[C@@H](O)[C@H](O)[C@H]5O)c(NC(=O)CCNC(=O)c5ccc(COP(=O)(O)OCC[N+](C)(C)C)cc5)c4)cc3O[C@@]2(c2ccc(OC)cc2)[C@@H]1c1ccccc1. The summed E-state index contributed by atoms with van der Waals surface area (Å²) < 4.78 is 69.0. The molecule has 2 unspecified atom stereocenters. The van der Waals surface area contributed by atoms with E-state index in [2.05, 4.69) is 16.0 Å². The van der Waals surface area contributed by atoms with E-state index in [1.54, 1.807) is 60.7 Å². The number of ether oxygens (including phenoxy) is 8. The van der Waals surface area contributed by atoms with Gasteiger partial charge in [-0.3, -0.25) is 23.4 Å². The number of carboxylic acid groups (broad SMARTS) is 1. The Labute approximate surface area is 512 Å². The van der Waals surface area contributed by atoms with Crippen molar-refractivity contribution in [3.8, 4) is 28.7 Å². The number of likely N-dealkylation sites (N-methyl/N-ethyl adjacent to an activating group) is 1. The molecule has 2 aliphatic heterocycles. The minimum Gasteiger partial charge on any atom is -0.497 e. The van der Waals surface area contributed by atoms with Crippen LogP contribution in [0.5, 0.6) is 28.7 Å². The van der Waals surface area contributed by atoms with Gasteiger partial charge >= 0.3 is 25.9 Å². The van der Waals surface area contributed by atoms with E-state index in [0.717, 1.165) is 0 Å². The van der Waals surface area contributed by atoms with E-state index >= 15 is 0 Å². The summed E-state index contributed by atoms with van der Waals surface area (Å²) in [7, 11) is 5.46. The highest BCUT2D eigenvalue weighted by Crippen LogP contribution is 2.70. The number of rotatable bonds is 28. The molecule has 0 bridgehead atoms. The lowest BCUT2D eigenvalue weighted by atomic mass is 9.70. The number of carbonyl (C=O) groups is 5. The van der Waals surface area contributed by atoms with Gasteiger partial charge in [-0.2, -0.15) is 0 Å². The standard InChI is InChI=1S/C61H73N4O23P/c1-65(2,3)27-29-84-89(77,78)85-34-35-14-17-38(18-15-35)55(71)62-26-24-46(66)64-42-30-36(16-23-43(42)86-58-52(69)50(67)51(68)53(87-58)56(72)73)33-83-59(75)63-25-10-11-28-82-41-31-44(80-5)49-45(32-41)88-61(39-19-21-40(79-4)22-20-39)48(37-12-8-7-9-13-37)47(57(74)81-6)54(70)60(49,61)76/h7-9,12-23,30-32,47-48,50-54,58,67-70,76H,10-11,24-29,33-34H2,1-6H3,(H4-,62,63,64,66,71,72,73,75,77,78)/p+1/t47-,48-,50+,51+,52-,53+,54-,58?,60+,61+/m1/s1. The van der Waals surface area contributed by atoms with E-state index < -0.39 is 97.5 Å². The molecule has 28 heteroatoms. The number of aliphatic carboxylic acids is 1. The van der Waals surface area contributed by atoms with Gasteiger partial charge in [0.15, 0.2) is 17.3 Å². The van der Waals surface area contributed by atoms with Crippen molar-refractivity contribution in [2.45, 2.75) is 86.4 Å². The van der Waals surface area contributed by atoms with E-state index in [1.807, 2.05) is 21.1 Å². The molecule has 5 aromatic carbocycles. The number of nitrogens with one attached hydrogen (secondary N) is 3. The Hall–Kier alpha value is -7.92. The zero-order valence-corrected chi connectivity index (χ0v) is 50.5. The van der Waals surface area contributed by atoms with Crippen LogP contribution in [0.2, 0.25) is 0 Å². The van der Waals surface area contributed by atoms with Crippen LogP contribution in [0.25, 0.3) is 0 Å². The van der Waals surface area contributed by atoms with Gasteiger partial charge in [0.25, 0.3) is 5.91 Å². The molecular weight excluding hydrogens is 1190 g/mol. The van der Waals surface area contributed by atoms with Gasteiger partial charge in [-0.25, -0.2) is 14.2 Å². The number of amides is 3. The van der Waals surface area contributed by atoms with Crippen LogP contribution < -0.4 is 39.6 Å². The molecule has 5 aromatic rings. The molecule has 2 heterocycles. The van der Waals surface area contributed by atoms with E-state index in [1.165, 1.54) is 69.9 Å². The first kappa shape index (κ1) is 67.0. The summed E-state index contributed by atoms with van der Waals surface area (Å²) in [4.78, 5) is 74.8. The number of methoxy groups -OCH3 is 3. The van der Waals surface area contributed by atoms with E-state index in [-0.39, 0.29) is 80.0 Å². The van der Waals surface area contributed by atoms with E-state index in [9.17, 15) is 64.1 Å². The lowest BCUT2D eigenvalue weighted by Gasteiger charge is -2.40. The monoisotopic (exact) mass is 1260 g/mol. The first-order chi connectivity index (χ1) is 42.3. The molecule has 0 spiro atoms. The Balaban J connectivity index is 0.865. The number of hydrogen-bond acceptors (Lipinski definition) is 21. The van der Waals surface area contributed by atoms with Gasteiger partial charge in [-0.05, 0) is 71.5 Å². The van der Waals surface area contributed by atoms with Crippen LogP contribution in [-0.2, 0) is 66.6 Å². The first-order valence-electron chi connectivity index (χ1n) is 28.3. The minimum atomic E-state index is -4.34. The number of carboxylic acids is 1. The molecule has 480 valence electrons. The average Bonchev–Trinajstić information content (AvgIpc) is 1.50. The third-order valence-electron chi connectivity index (χ3n) is 15.3. The third-order valence-corrected chi connectivity index (χ3v) is 16.3. The zero-order valence-electron chi connectivity index (χ0n) is 49.6. The predicted molar refractivity (Wildman–Crippen MR) is 313 cm³/mol. The van der Waals surface area contributed by atoms with Crippen molar-refractivity contribution in [1.29, 1.82) is 0 Å². The number of alkyl carbamates (subject to hydrolysis) is 1. The van der Waals surface area contributed by atoms with E-state index in [4.69, 9.17) is 46.9 Å². The van der Waals surface area contributed by atoms with Crippen molar-refractivity contribution in [2.24, 2.45) is 5.92 Å². The van der Waals surface area contributed by atoms with Crippen LogP contribution in [0.15, 0.2) is 109 Å². The molecule has 2 fully saturated rings. The van der Waals surface area contributed by atoms with Crippen LogP contribution in [-0.4, -0.2) is 182 Å². The molecule has 89 heavy (non-hydrogen) atoms. The van der Waals surface area contributed by atoms with Gasteiger partial charge < -0.3 is 93.9 Å².